The molecule has 0 spiro atoms. The van der Waals surface area contributed by atoms with Crippen LogP contribution in [-0.4, -0.2) is 78.3 Å². The summed E-state index contributed by atoms with van der Waals surface area (Å²) in [6, 6.07) is 5.97. The molecule has 1 fully saturated rings. The van der Waals surface area contributed by atoms with E-state index in [1.165, 1.54) is 12.1 Å². The highest BCUT2D eigenvalue weighted by atomic mass is 19.1. The Labute approximate surface area is 140 Å². The van der Waals surface area contributed by atoms with Crippen molar-refractivity contribution in [2.45, 2.75) is 12.0 Å². The Kier molecular flexibility index (Phi) is 7.60. The number of benzene rings is 1. The van der Waals surface area contributed by atoms with Gasteiger partial charge >= 0.3 is 0 Å². The fourth-order valence-corrected chi connectivity index (χ4v) is 2.58. The number of likely N-dealkylation sites (N-methyl/N-ethyl adjacent to an activating group) is 1. The SMILES string of the molecule is CN(C)CC1(O)CCN(C(=O)COc2ccccc2F)C1.O=CO. The van der Waals surface area contributed by atoms with Crippen molar-refractivity contribution >= 4 is 12.4 Å². The van der Waals surface area contributed by atoms with Crippen LogP contribution in [-0.2, 0) is 9.59 Å². The molecule has 0 aromatic heterocycles. The van der Waals surface area contributed by atoms with Crippen molar-refractivity contribution in [1.29, 1.82) is 0 Å². The van der Waals surface area contributed by atoms with Gasteiger partial charge < -0.3 is 24.7 Å². The number of para-hydroxylation sites is 1. The zero-order valence-electron chi connectivity index (χ0n) is 13.8. The molecule has 24 heavy (non-hydrogen) atoms. The van der Waals surface area contributed by atoms with E-state index in [-0.39, 0.29) is 31.3 Å². The normalized spacial score (nSPS) is 19.6. The van der Waals surface area contributed by atoms with E-state index in [0.717, 1.165) is 0 Å². The minimum Gasteiger partial charge on any atom is -0.483 e. The first kappa shape index (κ1) is 19.9. The van der Waals surface area contributed by atoms with Crippen LogP contribution in [0.15, 0.2) is 24.3 Å². The van der Waals surface area contributed by atoms with E-state index in [4.69, 9.17) is 14.6 Å². The minimum atomic E-state index is -0.878. The number of carboxylic acid groups (broad SMARTS) is 1. The molecule has 0 saturated carbocycles. The fraction of sp³-hybridized carbons (Fsp3) is 0.500. The molecule has 1 aliphatic heterocycles. The Morgan fingerprint density at radius 3 is 2.67 bits per heavy atom. The number of hydrogen-bond acceptors (Lipinski definition) is 5. The lowest BCUT2D eigenvalue weighted by molar-refractivity contribution is -0.133. The molecule has 1 aliphatic rings. The van der Waals surface area contributed by atoms with Crippen LogP contribution in [0.3, 0.4) is 0 Å². The maximum atomic E-state index is 13.4. The first-order valence-electron chi connectivity index (χ1n) is 7.41. The number of carbonyl (C=O) groups is 2. The highest BCUT2D eigenvalue weighted by Gasteiger charge is 2.38. The van der Waals surface area contributed by atoms with Gasteiger partial charge in [-0.05, 0) is 32.6 Å². The van der Waals surface area contributed by atoms with Gasteiger partial charge in [-0.1, -0.05) is 12.1 Å². The van der Waals surface area contributed by atoms with Gasteiger partial charge in [0.1, 0.15) is 0 Å². The third kappa shape index (κ3) is 6.13. The molecule has 1 unspecified atom stereocenters. The first-order valence-corrected chi connectivity index (χ1v) is 7.41. The van der Waals surface area contributed by atoms with Crippen LogP contribution in [0, 0.1) is 5.82 Å². The van der Waals surface area contributed by atoms with Gasteiger partial charge in [-0.15, -0.1) is 0 Å². The van der Waals surface area contributed by atoms with E-state index >= 15 is 0 Å². The molecule has 1 aromatic rings. The molecule has 1 saturated heterocycles. The second-order valence-electron chi connectivity index (χ2n) is 5.85. The Bertz CT molecular complexity index is 555. The van der Waals surface area contributed by atoms with E-state index in [1.54, 1.807) is 17.0 Å². The average Bonchev–Trinajstić information content (AvgIpc) is 2.88. The summed E-state index contributed by atoms with van der Waals surface area (Å²) in [5.41, 5.74) is -0.878. The number of hydrogen-bond donors (Lipinski definition) is 2. The standard InChI is InChI=1S/C15H21FN2O3.CH2O2/c1-17(2)10-15(20)7-8-18(11-15)14(19)9-21-13-6-4-3-5-12(13)16;2-1-3/h3-6,20H,7-11H2,1-2H3;1H,(H,2,3). The molecule has 7 nitrogen and oxygen atoms in total. The molecular formula is C16H23FN2O5. The summed E-state index contributed by atoms with van der Waals surface area (Å²) >= 11 is 0. The van der Waals surface area contributed by atoms with Gasteiger partial charge in [0, 0.05) is 13.1 Å². The van der Waals surface area contributed by atoms with Gasteiger partial charge in [-0.2, -0.15) is 0 Å². The number of halogens is 1. The lowest BCUT2D eigenvalue weighted by Gasteiger charge is -2.26. The van der Waals surface area contributed by atoms with E-state index < -0.39 is 11.4 Å². The average molecular weight is 342 g/mol. The number of rotatable bonds is 5. The summed E-state index contributed by atoms with van der Waals surface area (Å²) in [7, 11) is 3.76. The molecule has 134 valence electrons. The number of ether oxygens (including phenoxy) is 1. The Morgan fingerprint density at radius 2 is 2.08 bits per heavy atom. The maximum Gasteiger partial charge on any atom is 0.290 e. The Morgan fingerprint density at radius 1 is 1.46 bits per heavy atom. The predicted octanol–water partition coefficient (Wildman–Crippen LogP) is 0.430. The van der Waals surface area contributed by atoms with Crippen molar-refractivity contribution < 1.29 is 28.9 Å². The van der Waals surface area contributed by atoms with Crippen molar-refractivity contribution in [3.05, 3.63) is 30.1 Å². The molecule has 0 radical (unpaired) electrons. The van der Waals surface area contributed by atoms with E-state index in [0.29, 0.717) is 19.5 Å². The molecule has 0 bridgehead atoms. The molecule has 0 aliphatic carbocycles. The number of likely N-dealkylation sites (tertiary alicyclic amines) is 1. The number of aliphatic hydroxyl groups is 1. The number of nitrogens with zero attached hydrogens (tertiary/aromatic N) is 2. The monoisotopic (exact) mass is 342 g/mol. The summed E-state index contributed by atoms with van der Waals surface area (Å²) in [5.74, 6) is -0.669. The van der Waals surface area contributed by atoms with Crippen LogP contribution in [0.25, 0.3) is 0 Å². The minimum absolute atomic E-state index is 0.0635. The Balaban J connectivity index is 0.000000891. The van der Waals surface area contributed by atoms with Crippen LogP contribution >= 0.6 is 0 Å². The van der Waals surface area contributed by atoms with Crippen molar-refractivity contribution in [2.75, 3.05) is 40.3 Å². The van der Waals surface area contributed by atoms with Crippen LogP contribution in [0.5, 0.6) is 5.75 Å². The van der Waals surface area contributed by atoms with E-state index in [1.807, 2.05) is 19.0 Å². The van der Waals surface area contributed by atoms with Crippen molar-refractivity contribution in [1.82, 2.24) is 9.80 Å². The van der Waals surface area contributed by atoms with Crippen LogP contribution in [0.4, 0.5) is 4.39 Å². The topological polar surface area (TPSA) is 90.3 Å². The lowest BCUT2D eigenvalue weighted by Crippen LogP contribution is -2.44. The quantitative estimate of drug-likeness (QED) is 0.754. The van der Waals surface area contributed by atoms with Gasteiger partial charge in [0.2, 0.25) is 0 Å². The molecule has 2 N–H and O–H groups in total. The highest BCUT2D eigenvalue weighted by Crippen LogP contribution is 2.22. The smallest absolute Gasteiger partial charge is 0.290 e. The molecule has 1 aromatic carbocycles. The molecule has 2 rings (SSSR count). The molecule has 1 amide bonds. The van der Waals surface area contributed by atoms with Crippen LogP contribution < -0.4 is 4.74 Å². The fourth-order valence-electron chi connectivity index (χ4n) is 2.58. The van der Waals surface area contributed by atoms with Gasteiger partial charge in [0.25, 0.3) is 12.4 Å². The third-order valence-corrected chi connectivity index (χ3v) is 3.48. The highest BCUT2D eigenvalue weighted by molar-refractivity contribution is 5.78. The number of amides is 1. The number of carbonyl (C=O) groups excluding carboxylic acids is 1. The van der Waals surface area contributed by atoms with E-state index in [2.05, 4.69) is 0 Å². The zero-order valence-corrected chi connectivity index (χ0v) is 13.8. The van der Waals surface area contributed by atoms with E-state index in [9.17, 15) is 14.3 Å². The van der Waals surface area contributed by atoms with Crippen LogP contribution in [0.2, 0.25) is 0 Å². The van der Waals surface area contributed by atoms with Crippen molar-refractivity contribution in [3.63, 3.8) is 0 Å². The molecule has 8 heteroatoms. The molecular weight excluding hydrogens is 319 g/mol. The Hall–Kier alpha value is -2.19. The first-order chi connectivity index (χ1) is 11.3. The second-order valence-corrected chi connectivity index (χ2v) is 5.85. The van der Waals surface area contributed by atoms with Crippen LogP contribution in [0.1, 0.15) is 6.42 Å². The largest absolute Gasteiger partial charge is 0.483 e. The van der Waals surface area contributed by atoms with Gasteiger partial charge in [-0.3, -0.25) is 9.59 Å². The summed E-state index contributed by atoms with van der Waals surface area (Å²) < 4.78 is 18.6. The zero-order chi connectivity index (χ0) is 18.2. The molecule has 1 heterocycles. The summed E-state index contributed by atoms with van der Waals surface area (Å²) in [6.07, 6.45) is 0.538. The second kappa shape index (κ2) is 9.19. The summed E-state index contributed by atoms with van der Waals surface area (Å²) in [5, 5.41) is 17.3. The summed E-state index contributed by atoms with van der Waals surface area (Å²) in [4.78, 5) is 23.9. The molecule has 1 atom stereocenters. The van der Waals surface area contributed by atoms with Crippen molar-refractivity contribution in [2.24, 2.45) is 0 Å². The predicted molar refractivity (Wildman–Crippen MR) is 85.3 cm³/mol. The van der Waals surface area contributed by atoms with Gasteiger partial charge in [0.05, 0.1) is 12.1 Å². The lowest BCUT2D eigenvalue weighted by atomic mass is 10.0. The third-order valence-electron chi connectivity index (χ3n) is 3.48. The maximum absolute atomic E-state index is 13.4. The van der Waals surface area contributed by atoms with Crippen molar-refractivity contribution in [3.8, 4) is 5.75 Å². The van der Waals surface area contributed by atoms with Gasteiger partial charge in [0.15, 0.2) is 18.2 Å². The summed E-state index contributed by atoms with van der Waals surface area (Å²) in [6.45, 7) is 0.804. The van der Waals surface area contributed by atoms with Gasteiger partial charge in [-0.25, -0.2) is 4.39 Å². The number of β-amino-alcohol motifs (C(OH)–C–C–N with tert-alkyl or cyclic N) is 1.